The Morgan fingerprint density at radius 3 is 2.50 bits per heavy atom. The van der Waals surface area contributed by atoms with Crippen LogP contribution >= 0.6 is 39.1 Å². The van der Waals surface area contributed by atoms with Crippen molar-refractivity contribution in [3.63, 3.8) is 0 Å². The van der Waals surface area contributed by atoms with Crippen molar-refractivity contribution in [2.24, 2.45) is 0 Å². The zero-order chi connectivity index (χ0) is 11.5. The molecule has 2 rings (SSSR count). The van der Waals surface area contributed by atoms with Crippen LogP contribution in [0.1, 0.15) is 19.3 Å². The summed E-state index contributed by atoms with van der Waals surface area (Å²) in [6.45, 7) is 0. The molecule has 0 aromatic heterocycles. The predicted octanol–water partition coefficient (Wildman–Crippen LogP) is 5.28. The fourth-order valence-corrected chi connectivity index (χ4v) is 3.12. The van der Waals surface area contributed by atoms with Crippen LogP contribution in [0, 0.1) is 0 Å². The molecule has 1 nitrogen and oxygen atoms in total. The zero-order valence-electron chi connectivity index (χ0n) is 8.64. The van der Waals surface area contributed by atoms with Gasteiger partial charge in [-0.25, -0.2) is 0 Å². The lowest BCUT2D eigenvalue weighted by molar-refractivity contribution is 0.674. The number of allylic oxidation sites excluding steroid dienone is 1. The van der Waals surface area contributed by atoms with Gasteiger partial charge < -0.3 is 5.32 Å². The van der Waals surface area contributed by atoms with Crippen LogP contribution in [0.4, 0.5) is 5.69 Å². The standard InChI is InChI=1S/C12H12BrCl2N/c13-8-6-10(14)12(11(15)7-8)16-9-4-2-1-3-5-9/h2,4,6-7,9,16H,1,3,5H2. The first kappa shape index (κ1) is 12.3. The Balaban J connectivity index is 2.20. The molecule has 0 aliphatic heterocycles. The van der Waals surface area contributed by atoms with Crippen LogP contribution < -0.4 is 5.32 Å². The highest BCUT2D eigenvalue weighted by atomic mass is 79.9. The van der Waals surface area contributed by atoms with E-state index in [-0.39, 0.29) is 0 Å². The largest absolute Gasteiger partial charge is 0.376 e. The third-order valence-corrected chi connectivity index (χ3v) is 3.64. The Kier molecular flexibility index (Phi) is 4.17. The number of nitrogens with one attached hydrogen (secondary N) is 1. The maximum atomic E-state index is 6.15. The average molecular weight is 321 g/mol. The minimum atomic E-state index is 0.338. The number of halogens is 3. The smallest absolute Gasteiger partial charge is 0.0724 e. The van der Waals surface area contributed by atoms with Crippen molar-refractivity contribution < 1.29 is 0 Å². The first-order valence-corrected chi connectivity index (χ1v) is 6.79. The van der Waals surface area contributed by atoms with Crippen molar-refractivity contribution in [3.8, 4) is 0 Å². The van der Waals surface area contributed by atoms with Gasteiger partial charge in [0.15, 0.2) is 0 Å². The molecule has 16 heavy (non-hydrogen) atoms. The molecule has 1 atom stereocenters. The van der Waals surface area contributed by atoms with Crippen LogP contribution in [0.5, 0.6) is 0 Å². The van der Waals surface area contributed by atoms with Gasteiger partial charge in [-0.05, 0) is 31.4 Å². The van der Waals surface area contributed by atoms with E-state index in [0.717, 1.165) is 16.6 Å². The van der Waals surface area contributed by atoms with E-state index in [4.69, 9.17) is 23.2 Å². The van der Waals surface area contributed by atoms with Crippen LogP contribution in [0.15, 0.2) is 28.8 Å². The minimum absolute atomic E-state index is 0.338. The zero-order valence-corrected chi connectivity index (χ0v) is 11.7. The Morgan fingerprint density at radius 2 is 1.94 bits per heavy atom. The average Bonchev–Trinajstić information content (AvgIpc) is 2.25. The molecule has 1 aromatic rings. The molecular weight excluding hydrogens is 309 g/mol. The monoisotopic (exact) mass is 319 g/mol. The SMILES string of the molecule is Clc1cc(Br)cc(Cl)c1NC1C=CCCC1. The summed E-state index contributed by atoms with van der Waals surface area (Å²) in [7, 11) is 0. The molecule has 0 amide bonds. The van der Waals surface area contributed by atoms with Gasteiger partial charge in [0.1, 0.15) is 0 Å². The van der Waals surface area contributed by atoms with Gasteiger partial charge in [-0.2, -0.15) is 0 Å². The van der Waals surface area contributed by atoms with Gasteiger partial charge in [0, 0.05) is 10.5 Å². The lowest BCUT2D eigenvalue weighted by Crippen LogP contribution is -2.19. The molecule has 0 spiro atoms. The molecular formula is C12H12BrCl2N. The summed E-state index contributed by atoms with van der Waals surface area (Å²) in [5, 5.41) is 4.68. The third-order valence-electron chi connectivity index (χ3n) is 2.59. The molecule has 1 aliphatic rings. The number of hydrogen-bond donors (Lipinski definition) is 1. The highest BCUT2D eigenvalue weighted by molar-refractivity contribution is 9.10. The molecule has 1 unspecified atom stereocenters. The molecule has 0 heterocycles. The number of hydrogen-bond acceptors (Lipinski definition) is 1. The quantitative estimate of drug-likeness (QED) is 0.731. The molecule has 0 bridgehead atoms. The van der Waals surface area contributed by atoms with Crippen LogP contribution in [-0.2, 0) is 0 Å². The Labute approximate surface area is 114 Å². The van der Waals surface area contributed by atoms with Gasteiger partial charge in [0.05, 0.1) is 15.7 Å². The van der Waals surface area contributed by atoms with Crippen molar-refractivity contribution in [1.29, 1.82) is 0 Å². The van der Waals surface area contributed by atoms with Crippen LogP contribution in [-0.4, -0.2) is 6.04 Å². The summed E-state index contributed by atoms with van der Waals surface area (Å²) in [5.74, 6) is 0. The van der Waals surface area contributed by atoms with Crippen molar-refractivity contribution in [2.45, 2.75) is 25.3 Å². The highest BCUT2D eigenvalue weighted by Crippen LogP contribution is 2.35. The number of benzene rings is 1. The first-order chi connectivity index (χ1) is 7.66. The summed E-state index contributed by atoms with van der Waals surface area (Å²) in [6, 6.07) is 4.04. The van der Waals surface area contributed by atoms with Gasteiger partial charge in [0.25, 0.3) is 0 Å². The maximum Gasteiger partial charge on any atom is 0.0724 e. The minimum Gasteiger partial charge on any atom is -0.376 e. The van der Waals surface area contributed by atoms with Gasteiger partial charge in [0.2, 0.25) is 0 Å². The number of rotatable bonds is 2. The topological polar surface area (TPSA) is 12.0 Å². The summed E-state index contributed by atoms with van der Waals surface area (Å²) < 4.78 is 0.896. The molecule has 4 heteroatoms. The summed E-state index contributed by atoms with van der Waals surface area (Å²) in [5.41, 5.74) is 0.822. The lowest BCUT2D eigenvalue weighted by Gasteiger charge is -2.21. The van der Waals surface area contributed by atoms with Crippen molar-refractivity contribution >= 4 is 44.8 Å². The van der Waals surface area contributed by atoms with Gasteiger partial charge in [-0.15, -0.1) is 0 Å². The van der Waals surface area contributed by atoms with E-state index < -0.39 is 0 Å². The highest BCUT2D eigenvalue weighted by Gasteiger charge is 2.13. The van der Waals surface area contributed by atoms with Crippen molar-refractivity contribution in [3.05, 3.63) is 38.8 Å². The van der Waals surface area contributed by atoms with E-state index in [1.165, 1.54) is 12.8 Å². The van der Waals surface area contributed by atoms with Crippen LogP contribution in [0.2, 0.25) is 10.0 Å². The van der Waals surface area contributed by atoms with Gasteiger partial charge in [-0.3, -0.25) is 0 Å². The fraction of sp³-hybridized carbons (Fsp3) is 0.333. The Morgan fingerprint density at radius 1 is 1.25 bits per heavy atom. The maximum absolute atomic E-state index is 6.15. The fourth-order valence-electron chi connectivity index (χ4n) is 1.80. The van der Waals surface area contributed by atoms with E-state index in [2.05, 4.69) is 33.4 Å². The summed E-state index contributed by atoms with van der Waals surface area (Å²) >= 11 is 15.7. The Hall–Kier alpha value is -0.180. The molecule has 0 saturated heterocycles. The van der Waals surface area contributed by atoms with Gasteiger partial charge >= 0.3 is 0 Å². The molecule has 86 valence electrons. The van der Waals surface area contributed by atoms with E-state index >= 15 is 0 Å². The summed E-state index contributed by atoms with van der Waals surface area (Å²) in [6.07, 6.45) is 7.87. The number of anilines is 1. The Bertz CT molecular complexity index is 394. The van der Waals surface area contributed by atoms with Crippen molar-refractivity contribution in [1.82, 2.24) is 0 Å². The first-order valence-electron chi connectivity index (χ1n) is 5.24. The van der Waals surface area contributed by atoms with Gasteiger partial charge in [-0.1, -0.05) is 51.3 Å². The lowest BCUT2D eigenvalue weighted by atomic mass is 10.0. The predicted molar refractivity (Wildman–Crippen MR) is 74.6 cm³/mol. The van der Waals surface area contributed by atoms with E-state index in [0.29, 0.717) is 16.1 Å². The molecule has 0 saturated carbocycles. The molecule has 1 aliphatic carbocycles. The second-order valence-corrected chi connectivity index (χ2v) is 5.58. The molecule has 1 aromatic carbocycles. The normalized spacial score (nSPS) is 19.8. The van der Waals surface area contributed by atoms with Crippen LogP contribution in [0.3, 0.4) is 0 Å². The van der Waals surface area contributed by atoms with E-state index in [1.807, 2.05) is 12.1 Å². The third kappa shape index (κ3) is 2.93. The second kappa shape index (κ2) is 5.44. The molecule has 1 N–H and O–H groups in total. The second-order valence-electron chi connectivity index (χ2n) is 3.85. The summed E-state index contributed by atoms with van der Waals surface area (Å²) in [4.78, 5) is 0. The van der Waals surface area contributed by atoms with E-state index in [9.17, 15) is 0 Å². The van der Waals surface area contributed by atoms with E-state index in [1.54, 1.807) is 0 Å². The molecule has 0 radical (unpaired) electrons. The van der Waals surface area contributed by atoms with Crippen LogP contribution in [0.25, 0.3) is 0 Å². The molecule has 0 fully saturated rings. The van der Waals surface area contributed by atoms with Crippen molar-refractivity contribution in [2.75, 3.05) is 5.32 Å².